The summed E-state index contributed by atoms with van der Waals surface area (Å²) in [6.07, 6.45) is 2.71. The van der Waals surface area contributed by atoms with Crippen molar-refractivity contribution in [3.63, 3.8) is 0 Å². The molecule has 1 aromatic heterocycles. The molecular weight excluding hydrogens is 483 g/mol. The molecular formula is C20H29IN6O2. The van der Waals surface area contributed by atoms with E-state index in [-0.39, 0.29) is 29.5 Å². The van der Waals surface area contributed by atoms with Gasteiger partial charge >= 0.3 is 0 Å². The van der Waals surface area contributed by atoms with E-state index in [9.17, 15) is 9.90 Å². The van der Waals surface area contributed by atoms with Crippen LogP contribution in [0.3, 0.4) is 0 Å². The highest BCUT2D eigenvalue weighted by atomic mass is 127. The van der Waals surface area contributed by atoms with E-state index < -0.39 is 6.10 Å². The van der Waals surface area contributed by atoms with Gasteiger partial charge in [-0.1, -0.05) is 29.8 Å². The number of halogens is 1. The minimum absolute atomic E-state index is 0. The van der Waals surface area contributed by atoms with Crippen molar-refractivity contribution in [1.29, 1.82) is 0 Å². The van der Waals surface area contributed by atoms with Crippen LogP contribution >= 0.6 is 24.0 Å². The third-order valence-corrected chi connectivity index (χ3v) is 5.00. The maximum Gasteiger partial charge on any atom is 0.293 e. The van der Waals surface area contributed by atoms with E-state index in [1.165, 1.54) is 5.56 Å². The molecule has 29 heavy (non-hydrogen) atoms. The third kappa shape index (κ3) is 5.69. The largest absolute Gasteiger partial charge is 0.387 e. The fourth-order valence-corrected chi connectivity index (χ4v) is 3.26. The number of anilines is 1. The summed E-state index contributed by atoms with van der Waals surface area (Å²) < 4.78 is 1.54. The van der Waals surface area contributed by atoms with Crippen LogP contribution in [0.1, 0.15) is 17.2 Å². The molecule has 9 heteroatoms. The van der Waals surface area contributed by atoms with Gasteiger partial charge in [0.05, 0.1) is 6.10 Å². The van der Waals surface area contributed by atoms with E-state index in [1.54, 1.807) is 31.1 Å². The van der Waals surface area contributed by atoms with Gasteiger partial charge in [-0.15, -0.1) is 24.0 Å². The molecule has 1 fully saturated rings. The van der Waals surface area contributed by atoms with Crippen LogP contribution in [-0.4, -0.2) is 65.3 Å². The molecule has 0 aliphatic carbocycles. The fourth-order valence-electron chi connectivity index (χ4n) is 3.26. The fraction of sp³-hybridized carbons (Fsp3) is 0.450. The summed E-state index contributed by atoms with van der Waals surface area (Å²) in [5, 5.41) is 13.7. The second-order valence-electron chi connectivity index (χ2n) is 7.00. The van der Waals surface area contributed by atoms with Crippen LogP contribution in [0.15, 0.2) is 46.4 Å². The highest BCUT2D eigenvalue weighted by Gasteiger charge is 2.22. The van der Waals surface area contributed by atoms with Gasteiger partial charge in [-0.25, -0.2) is 4.98 Å². The maximum absolute atomic E-state index is 12.3. The van der Waals surface area contributed by atoms with Gasteiger partial charge in [-0.3, -0.25) is 9.79 Å². The summed E-state index contributed by atoms with van der Waals surface area (Å²) in [4.78, 5) is 25.0. The lowest BCUT2D eigenvalue weighted by Crippen LogP contribution is -2.54. The molecule has 1 unspecified atom stereocenters. The van der Waals surface area contributed by atoms with Crippen LogP contribution in [-0.2, 0) is 7.05 Å². The first-order valence-electron chi connectivity index (χ1n) is 9.46. The van der Waals surface area contributed by atoms with Crippen molar-refractivity contribution in [1.82, 2.24) is 19.8 Å². The number of nitrogens with zero attached hydrogens (tertiary/aromatic N) is 5. The standard InChI is InChI=1S/C20H28N6O2.HI/c1-15-4-6-16(7-5-15)17(27)14-23-20(21-2)26-12-10-25(11-13-26)18-19(28)24(3)9-8-22-18;/h4-9,17,27H,10-14H2,1-3H3,(H,21,23);1H. The van der Waals surface area contributed by atoms with Gasteiger partial charge in [0.15, 0.2) is 11.8 Å². The Hall–Kier alpha value is -2.14. The molecule has 2 aromatic rings. The van der Waals surface area contributed by atoms with E-state index in [1.807, 2.05) is 36.1 Å². The Kier molecular flexibility index (Phi) is 8.45. The number of benzene rings is 1. The summed E-state index contributed by atoms with van der Waals surface area (Å²) >= 11 is 0. The Morgan fingerprint density at radius 3 is 2.52 bits per heavy atom. The topological polar surface area (TPSA) is 86.0 Å². The summed E-state index contributed by atoms with van der Waals surface area (Å²) in [5.41, 5.74) is 1.96. The predicted octanol–water partition coefficient (Wildman–Crippen LogP) is 1.14. The summed E-state index contributed by atoms with van der Waals surface area (Å²) in [5.74, 6) is 1.24. The van der Waals surface area contributed by atoms with Crippen molar-refractivity contribution >= 4 is 35.8 Å². The van der Waals surface area contributed by atoms with E-state index in [0.29, 0.717) is 25.5 Å². The monoisotopic (exact) mass is 512 g/mol. The van der Waals surface area contributed by atoms with E-state index in [0.717, 1.165) is 24.6 Å². The maximum atomic E-state index is 12.3. The molecule has 1 aromatic carbocycles. The number of rotatable bonds is 4. The molecule has 1 saturated heterocycles. The van der Waals surface area contributed by atoms with Crippen LogP contribution in [0.4, 0.5) is 5.82 Å². The van der Waals surface area contributed by atoms with Crippen molar-refractivity contribution in [2.24, 2.45) is 12.0 Å². The summed E-state index contributed by atoms with van der Waals surface area (Å²) in [6.45, 7) is 5.23. The SMILES string of the molecule is CN=C(NCC(O)c1ccc(C)cc1)N1CCN(c2nccn(C)c2=O)CC1.I. The van der Waals surface area contributed by atoms with Gasteiger partial charge in [0.25, 0.3) is 5.56 Å². The van der Waals surface area contributed by atoms with Crippen LogP contribution in [0.2, 0.25) is 0 Å². The van der Waals surface area contributed by atoms with Gasteiger partial charge < -0.3 is 24.8 Å². The molecule has 158 valence electrons. The Bertz CT molecular complexity index is 875. The van der Waals surface area contributed by atoms with E-state index >= 15 is 0 Å². The van der Waals surface area contributed by atoms with Crippen LogP contribution in [0.25, 0.3) is 0 Å². The highest BCUT2D eigenvalue weighted by Crippen LogP contribution is 2.13. The van der Waals surface area contributed by atoms with Crippen molar-refractivity contribution in [3.8, 4) is 0 Å². The molecule has 0 spiro atoms. The van der Waals surface area contributed by atoms with Crippen molar-refractivity contribution in [3.05, 3.63) is 58.1 Å². The number of aliphatic hydroxyl groups is 1. The molecule has 1 aliphatic heterocycles. The molecule has 1 atom stereocenters. The van der Waals surface area contributed by atoms with E-state index in [4.69, 9.17) is 0 Å². The van der Waals surface area contributed by atoms with Gasteiger partial charge in [-0.05, 0) is 12.5 Å². The Morgan fingerprint density at radius 1 is 1.24 bits per heavy atom. The van der Waals surface area contributed by atoms with Crippen molar-refractivity contribution < 1.29 is 5.11 Å². The first-order chi connectivity index (χ1) is 13.5. The molecule has 0 saturated carbocycles. The van der Waals surface area contributed by atoms with Crippen molar-refractivity contribution in [2.75, 3.05) is 44.7 Å². The zero-order valence-electron chi connectivity index (χ0n) is 17.1. The minimum atomic E-state index is -0.602. The number of nitrogens with one attached hydrogen (secondary N) is 1. The number of hydrogen-bond donors (Lipinski definition) is 2. The Labute approximate surface area is 188 Å². The molecule has 3 rings (SSSR count). The zero-order chi connectivity index (χ0) is 20.1. The molecule has 2 heterocycles. The van der Waals surface area contributed by atoms with Crippen LogP contribution < -0.4 is 15.8 Å². The lowest BCUT2D eigenvalue weighted by molar-refractivity contribution is 0.179. The van der Waals surface area contributed by atoms with Crippen LogP contribution in [0.5, 0.6) is 0 Å². The second-order valence-corrected chi connectivity index (χ2v) is 7.00. The van der Waals surface area contributed by atoms with Crippen molar-refractivity contribution in [2.45, 2.75) is 13.0 Å². The quantitative estimate of drug-likeness (QED) is 0.363. The average molecular weight is 512 g/mol. The molecule has 0 bridgehead atoms. The second kappa shape index (κ2) is 10.6. The minimum Gasteiger partial charge on any atom is -0.387 e. The highest BCUT2D eigenvalue weighted by molar-refractivity contribution is 14.0. The number of aliphatic hydroxyl groups excluding tert-OH is 1. The first kappa shape index (κ1) is 23.1. The number of aryl methyl sites for hydroxylation is 2. The molecule has 0 amide bonds. The summed E-state index contributed by atoms with van der Waals surface area (Å²) in [7, 11) is 3.47. The molecule has 1 aliphatic rings. The Balaban J connectivity index is 0.00000300. The first-order valence-corrected chi connectivity index (χ1v) is 9.46. The lowest BCUT2D eigenvalue weighted by atomic mass is 10.1. The van der Waals surface area contributed by atoms with Gasteiger partial charge in [0.2, 0.25) is 0 Å². The molecule has 0 radical (unpaired) electrons. The predicted molar refractivity (Wildman–Crippen MR) is 126 cm³/mol. The number of guanidine groups is 1. The number of hydrogen-bond acceptors (Lipinski definition) is 5. The van der Waals surface area contributed by atoms with Gasteiger partial charge in [-0.2, -0.15) is 0 Å². The molecule has 2 N–H and O–H groups in total. The number of piperazine rings is 1. The number of aromatic nitrogens is 2. The van der Waals surface area contributed by atoms with E-state index in [2.05, 4.69) is 20.2 Å². The van der Waals surface area contributed by atoms with Gasteiger partial charge in [0.1, 0.15) is 0 Å². The van der Waals surface area contributed by atoms with Gasteiger partial charge in [0, 0.05) is 59.2 Å². The zero-order valence-corrected chi connectivity index (χ0v) is 19.4. The average Bonchev–Trinajstić information content (AvgIpc) is 2.71. The number of aliphatic imine (C=N–C) groups is 1. The Morgan fingerprint density at radius 2 is 1.90 bits per heavy atom. The molecule has 8 nitrogen and oxygen atoms in total. The summed E-state index contributed by atoms with van der Waals surface area (Å²) in [6, 6.07) is 7.87. The van der Waals surface area contributed by atoms with Crippen LogP contribution in [0, 0.1) is 6.92 Å². The lowest BCUT2D eigenvalue weighted by Gasteiger charge is -2.36. The normalized spacial score (nSPS) is 15.7. The third-order valence-electron chi connectivity index (χ3n) is 5.00. The smallest absolute Gasteiger partial charge is 0.293 e.